The molecule has 0 aliphatic rings. The molecule has 0 spiro atoms. The molecule has 3 nitrogen and oxygen atoms in total. The molecule has 0 aromatic carbocycles. The van der Waals surface area contributed by atoms with Gasteiger partial charge < -0.3 is 0 Å². The van der Waals surface area contributed by atoms with Gasteiger partial charge >= 0.3 is 0 Å². The summed E-state index contributed by atoms with van der Waals surface area (Å²) in [6.45, 7) is 8.27. The standard InChI is InChI=1S/C10H22O3S/c1-8(2)5-10(6-9(3)4)7-14(11,12)13/h8-10H,5-7H2,1-4H3,(H,11,12,13). The molecule has 0 saturated heterocycles. The lowest BCUT2D eigenvalue weighted by atomic mass is 9.91. The lowest BCUT2D eigenvalue weighted by Crippen LogP contribution is -2.18. The van der Waals surface area contributed by atoms with Gasteiger partial charge in [-0.15, -0.1) is 0 Å². The third-order valence-electron chi connectivity index (χ3n) is 2.06. The van der Waals surface area contributed by atoms with Crippen LogP contribution in [0.2, 0.25) is 0 Å². The molecule has 86 valence electrons. The van der Waals surface area contributed by atoms with Gasteiger partial charge in [-0.25, -0.2) is 0 Å². The van der Waals surface area contributed by atoms with E-state index in [0.29, 0.717) is 11.8 Å². The van der Waals surface area contributed by atoms with Crippen molar-refractivity contribution in [2.75, 3.05) is 5.75 Å². The van der Waals surface area contributed by atoms with Crippen molar-refractivity contribution in [1.29, 1.82) is 0 Å². The van der Waals surface area contributed by atoms with Crippen molar-refractivity contribution in [1.82, 2.24) is 0 Å². The minimum atomic E-state index is -3.81. The molecule has 0 rings (SSSR count). The topological polar surface area (TPSA) is 54.4 Å². The van der Waals surface area contributed by atoms with E-state index in [1.165, 1.54) is 0 Å². The van der Waals surface area contributed by atoms with Gasteiger partial charge in [0.1, 0.15) is 0 Å². The van der Waals surface area contributed by atoms with Crippen molar-refractivity contribution in [3.05, 3.63) is 0 Å². The minimum absolute atomic E-state index is 0.0880. The van der Waals surface area contributed by atoms with Crippen molar-refractivity contribution in [3.8, 4) is 0 Å². The molecule has 0 fully saturated rings. The molecule has 0 heterocycles. The molecule has 0 aliphatic carbocycles. The molecule has 0 saturated carbocycles. The summed E-state index contributed by atoms with van der Waals surface area (Å²) in [6, 6.07) is 0. The Morgan fingerprint density at radius 1 is 1.00 bits per heavy atom. The van der Waals surface area contributed by atoms with Crippen LogP contribution in [0.3, 0.4) is 0 Å². The molecule has 0 aliphatic heterocycles. The first kappa shape index (κ1) is 13.9. The van der Waals surface area contributed by atoms with E-state index in [0.717, 1.165) is 12.8 Å². The maximum absolute atomic E-state index is 10.8. The first-order valence-corrected chi connectivity index (χ1v) is 6.76. The van der Waals surface area contributed by atoms with Crippen LogP contribution in [0, 0.1) is 17.8 Å². The SMILES string of the molecule is CC(C)CC(CC(C)C)CS(=O)(=O)O. The predicted molar refractivity (Wildman–Crippen MR) is 58.8 cm³/mol. The van der Waals surface area contributed by atoms with E-state index in [4.69, 9.17) is 4.55 Å². The fraction of sp³-hybridized carbons (Fsp3) is 1.00. The van der Waals surface area contributed by atoms with E-state index >= 15 is 0 Å². The van der Waals surface area contributed by atoms with E-state index < -0.39 is 10.1 Å². The number of rotatable bonds is 6. The van der Waals surface area contributed by atoms with Crippen LogP contribution in [0.1, 0.15) is 40.5 Å². The lowest BCUT2D eigenvalue weighted by Gasteiger charge is -2.19. The van der Waals surface area contributed by atoms with Gasteiger partial charge in [-0.2, -0.15) is 8.42 Å². The molecule has 0 unspecified atom stereocenters. The Kier molecular flexibility index (Phi) is 5.67. The van der Waals surface area contributed by atoms with Gasteiger partial charge in [0, 0.05) is 0 Å². The molecule has 4 heteroatoms. The fourth-order valence-electron chi connectivity index (χ4n) is 1.86. The average Bonchev–Trinajstić information content (AvgIpc) is 1.77. The third kappa shape index (κ3) is 8.51. The second kappa shape index (κ2) is 5.71. The van der Waals surface area contributed by atoms with Crippen molar-refractivity contribution < 1.29 is 13.0 Å². The molecule has 0 bridgehead atoms. The van der Waals surface area contributed by atoms with Gasteiger partial charge in [0.2, 0.25) is 0 Å². The molecule has 0 aromatic heterocycles. The van der Waals surface area contributed by atoms with Crippen LogP contribution < -0.4 is 0 Å². The highest BCUT2D eigenvalue weighted by molar-refractivity contribution is 7.85. The van der Waals surface area contributed by atoms with Crippen LogP contribution in [-0.2, 0) is 10.1 Å². The lowest BCUT2D eigenvalue weighted by molar-refractivity contribution is 0.359. The fourth-order valence-corrected chi connectivity index (χ4v) is 2.73. The van der Waals surface area contributed by atoms with Gasteiger partial charge in [0.15, 0.2) is 0 Å². The van der Waals surface area contributed by atoms with E-state index in [9.17, 15) is 8.42 Å². The maximum atomic E-state index is 10.8. The molecule has 1 N–H and O–H groups in total. The molecule has 0 atom stereocenters. The Morgan fingerprint density at radius 3 is 1.57 bits per heavy atom. The molecular weight excluding hydrogens is 200 g/mol. The molecule has 0 aromatic rings. The minimum Gasteiger partial charge on any atom is -0.286 e. The molecular formula is C10H22O3S. The highest BCUT2D eigenvalue weighted by Crippen LogP contribution is 2.21. The van der Waals surface area contributed by atoms with Crippen LogP contribution in [0.4, 0.5) is 0 Å². The normalized spacial score (nSPS) is 13.1. The third-order valence-corrected chi connectivity index (χ3v) is 2.95. The Hall–Kier alpha value is -0.0900. The van der Waals surface area contributed by atoms with Gasteiger partial charge in [-0.3, -0.25) is 4.55 Å². The van der Waals surface area contributed by atoms with Gasteiger partial charge in [0.05, 0.1) is 5.75 Å². The highest BCUT2D eigenvalue weighted by atomic mass is 32.2. The van der Waals surface area contributed by atoms with E-state index in [-0.39, 0.29) is 11.7 Å². The summed E-state index contributed by atoms with van der Waals surface area (Å²) in [5, 5.41) is 0. The summed E-state index contributed by atoms with van der Waals surface area (Å²) in [6.07, 6.45) is 1.72. The molecule has 0 amide bonds. The summed E-state index contributed by atoms with van der Waals surface area (Å²) in [5.74, 6) is 0.939. The van der Waals surface area contributed by atoms with Crippen LogP contribution in [0.15, 0.2) is 0 Å². The second-order valence-corrected chi connectivity index (χ2v) is 6.37. The molecule has 0 radical (unpaired) electrons. The number of hydrogen-bond acceptors (Lipinski definition) is 2. The van der Waals surface area contributed by atoms with Gasteiger partial charge in [-0.1, -0.05) is 27.7 Å². The summed E-state index contributed by atoms with van der Waals surface area (Å²) in [4.78, 5) is 0. The van der Waals surface area contributed by atoms with Crippen LogP contribution in [0.5, 0.6) is 0 Å². The Balaban J connectivity index is 4.25. The van der Waals surface area contributed by atoms with Crippen LogP contribution in [0.25, 0.3) is 0 Å². The molecule has 14 heavy (non-hydrogen) atoms. The van der Waals surface area contributed by atoms with Crippen molar-refractivity contribution >= 4 is 10.1 Å². The van der Waals surface area contributed by atoms with E-state index in [2.05, 4.69) is 27.7 Å². The summed E-state index contributed by atoms with van der Waals surface area (Å²) < 4.78 is 30.3. The van der Waals surface area contributed by atoms with Crippen molar-refractivity contribution in [3.63, 3.8) is 0 Å². The first-order chi connectivity index (χ1) is 6.20. The monoisotopic (exact) mass is 222 g/mol. The van der Waals surface area contributed by atoms with Crippen molar-refractivity contribution in [2.24, 2.45) is 17.8 Å². The zero-order valence-electron chi connectivity index (χ0n) is 9.53. The Labute approximate surface area is 87.7 Å². The summed E-state index contributed by atoms with van der Waals surface area (Å²) >= 11 is 0. The average molecular weight is 222 g/mol. The second-order valence-electron chi connectivity index (χ2n) is 4.87. The predicted octanol–water partition coefficient (Wildman–Crippen LogP) is 2.58. The van der Waals surface area contributed by atoms with E-state index in [1.807, 2.05) is 0 Å². The van der Waals surface area contributed by atoms with Crippen molar-refractivity contribution in [2.45, 2.75) is 40.5 Å². The van der Waals surface area contributed by atoms with Crippen LogP contribution in [-0.4, -0.2) is 18.7 Å². The van der Waals surface area contributed by atoms with E-state index in [1.54, 1.807) is 0 Å². The summed E-state index contributed by atoms with van der Waals surface area (Å²) in [5.41, 5.74) is 0. The maximum Gasteiger partial charge on any atom is 0.265 e. The first-order valence-electron chi connectivity index (χ1n) is 5.16. The largest absolute Gasteiger partial charge is 0.286 e. The Morgan fingerprint density at radius 2 is 1.36 bits per heavy atom. The van der Waals surface area contributed by atoms with Gasteiger partial charge in [0.25, 0.3) is 10.1 Å². The quantitative estimate of drug-likeness (QED) is 0.703. The summed E-state index contributed by atoms with van der Waals surface area (Å²) in [7, 11) is -3.81. The highest BCUT2D eigenvalue weighted by Gasteiger charge is 2.19. The zero-order valence-corrected chi connectivity index (χ0v) is 10.3. The zero-order chi connectivity index (χ0) is 11.4. The van der Waals surface area contributed by atoms with Gasteiger partial charge in [-0.05, 0) is 30.6 Å². The van der Waals surface area contributed by atoms with Crippen LogP contribution >= 0.6 is 0 Å². The Bertz CT molecular complexity index is 232. The smallest absolute Gasteiger partial charge is 0.265 e. The number of hydrogen-bond donors (Lipinski definition) is 1.